The summed E-state index contributed by atoms with van der Waals surface area (Å²) in [6, 6.07) is 16.1. The van der Waals surface area contributed by atoms with Crippen molar-refractivity contribution < 1.29 is 22.7 Å². The molecule has 29 heavy (non-hydrogen) atoms. The zero-order valence-electron chi connectivity index (χ0n) is 14.8. The van der Waals surface area contributed by atoms with Crippen molar-refractivity contribution in [2.45, 2.75) is 12.8 Å². The van der Waals surface area contributed by atoms with Gasteiger partial charge in [0.25, 0.3) is 5.91 Å². The van der Waals surface area contributed by atoms with Gasteiger partial charge in [0.1, 0.15) is 12.4 Å². The Hall–Kier alpha value is -2.70. The first-order valence-corrected chi connectivity index (χ1v) is 9.14. The summed E-state index contributed by atoms with van der Waals surface area (Å²) >= 11 is 12.0. The number of nitrogens with one attached hydrogen (secondary N) is 1. The van der Waals surface area contributed by atoms with Gasteiger partial charge in [0.15, 0.2) is 0 Å². The molecule has 1 amide bonds. The van der Waals surface area contributed by atoms with Crippen LogP contribution in [0.4, 0.5) is 18.9 Å². The van der Waals surface area contributed by atoms with Crippen molar-refractivity contribution in [3.63, 3.8) is 0 Å². The standard InChI is InChI=1S/C21H14Cl2F3NO2/c22-17-4-2-1-3-14(17)12-29-16-8-5-13(6-9-16)20(28)27-19-11-15(21(24,25)26)7-10-18(19)23/h1-11H,12H2,(H,27,28). The molecule has 8 heteroatoms. The van der Waals surface area contributed by atoms with Gasteiger partial charge in [-0.25, -0.2) is 0 Å². The van der Waals surface area contributed by atoms with Gasteiger partial charge in [0.2, 0.25) is 0 Å². The minimum atomic E-state index is -4.54. The summed E-state index contributed by atoms with van der Waals surface area (Å²) in [5.41, 5.74) is 0.0322. The number of hydrogen-bond donors (Lipinski definition) is 1. The second-order valence-corrected chi connectivity index (χ2v) is 6.87. The van der Waals surface area contributed by atoms with E-state index in [2.05, 4.69) is 5.32 Å². The molecule has 0 aliphatic rings. The maximum absolute atomic E-state index is 12.8. The molecular formula is C21H14Cl2F3NO2. The van der Waals surface area contributed by atoms with Crippen molar-refractivity contribution in [2.75, 3.05) is 5.32 Å². The van der Waals surface area contributed by atoms with Crippen molar-refractivity contribution in [1.82, 2.24) is 0 Å². The summed E-state index contributed by atoms with van der Waals surface area (Å²) in [7, 11) is 0. The minimum absolute atomic E-state index is 0.00560. The van der Waals surface area contributed by atoms with Crippen molar-refractivity contribution >= 4 is 34.8 Å². The smallest absolute Gasteiger partial charge is 0.416 e. The van der Waals surface area contributed by atoms with Crippen LogP contribution >= 0.6 is 23.2 Å². The first-order valence-electron chi connectivity index (χ1n) is 8.38. The first-order chi connectivity index (χ1) is 13.7. The van der Waals surface area contributed by atoms with Gasteiger partial charge < -0.3 is 10.1 Å². The van der Waals surface area contributed by atoms with Crippen LogP contribution in [-0.4, -0.2) is 5.91 Å². The minimum Gasteiger partial charge on any atom is -0.489 e. The normalized spacial score (nSPS) is 11.2. The highest BCUT2D eigenvalue weighted by atomic mass is 35.5. The molecule has 0 unspecified atom stereocenters. The summed E-state index contributed by atoms with van der Waals surface area (Å²) in [6.07, 6.45) is -4.54. The van der Waals surface area contributed by atoms with Crippen molar-refractivity contribution in [3.05, 3.63) is 93.5 Å². The SMILES string of the molecule is O=C(Nc1cc(C(F)(F)F)ccc1Cl)c1ccc(OCc2ccccc2Cl)cc1. The second-order valence-electron chi connectivity index (χ2n) is 6.05. The molecule has 1 N–H and O–H groups in total. The Balaban J connectivity index is 1.67. The number of ether oxygens (including phenoxy) is 1. The van der Waals surface area contributed by atoms with E-state index < -0.39 is 17.6 Å². The van der Waals surface area contributed by atoms with E-state index in [0.29, 0.717) is 10.8 Å². The number of hydrogen-bond acceptors (Lipinski definition) is 2. The highest BCUT2D eigenvalue weighted by Gasteiger charge is 2.31. The third kappa shape index (κ3) is 5.43. The Morgan fingerprint density at radius 1 is 0.931 bits per heavy atom. The fourth-order valence-electron chi connectivity index (χ4n) is 2.47. The number of alkyl halides is 3. The highest BCUT2D eigenvalue weighted by molar-refractivity contribution is 6.34. The number of anilines is 1. The third-order valence-electron chi connectivity index (χ3n) is 4.01. The predicted octanol–water partition coefficient (Wildman–Crippen LogP) is 6.84. The van der Waals surface area contributed by atoms with E-state index in [0.717, 1.165) is 23.8 Å². The molecule has 0 saturated carbocycles. The Morgan fingerprint density at radius 2 is 1.62 bits per heavy atom. The quantitative estimate of drug-likeness (QED) is 0.472. The first kappa shape index (κ1) is 21.0. The molecule has 3 rings (SSSR count). The van der Waals surface area contributed by atoms with E-state index >= 15 is 0 Å². The maximum Gasteiger partial charge on any atom is 0.416 e. The zero-order valence-corrected chi connectivity index (χ0v) is 16.3. The van der Waals surface area contributed by atoms with Crippen LogP contribution in [0.1, 0.15) is 21.5 Å². The Bertz CT molecular complexity index is 1020. The van der Waals surface area contributed by atoms with Gasteiger partial charge in [-0.05, 0) is 48.5 Å². The van der Waals surface area contributed by atoms with Crippen molar-refractivity contribution in [2.24, 2.45) is 0 Å². The van der Waals surface area contributed by atoms with Gasteiger partial charge in [-0.3, -0.25) is 4.79 Å². The fraction of sp³-hybridized carbons (Fsp3) is 0.0952. The second kappa shape index (κ2) is 8.76. The lowest BCUT2D eigenvalue weighted by Crippen LogP contribution is -2.13. The van der Waals surface area contributed by atoms with E-state index in [1.165, 1.54) is 12.1 Å². The van der Waals surface area contributed by atoms with Gasteiger partial charge in [0.05, 0.1) is 16.3 Å². The zero-order chi connectivity index (χ0) is 21.0. The summed E-state index contributed by atoms with van der Waals surface area (Å²) in [4.78, 5) is 12.4. The Labute approximate surface area is 175 Å². The van der Waals surface area contributed by atoms with E-state index in [1.807, 2.05) is 18.2 Å². The third-order valence-corrected chi connectivity index (χ3v) is 4.71. The van der Waals surface area contributed by atoms with Gasteiger partial charge >= 0.3 is 6.18 Å². The largest absolute Gasteiger partial charge is 0.489 e. The Kier molecular flexibility index (Phi) is 6.35. The van der Waals surface area contributed by atoms with Crippen LogP contribution in [-0.2, 0) is 12.8 Å². The number of halogens is 5. The topological polar surface area (TPSA) is 38.3 Å². The van der Waals surface area contributed by atoms with Crippen LogP contribution in [0.25, 0.3) is 0 Å². The maximum atomic E-state index is 12.8. The van der Waals surface area contributed by atoms with Gasteiger partial charge in [0, 0.05) is 16.1 Å². The molecule has 3 aromatic carbocycles. The van der Waals surface area contributed by atoms with E-state index in [9.17, 15) is 18.0 Å². The monoisotopic (exact) mass is 439 g/mol. The molecule has 0 spiro atoms. The summed E-state index contributed by atoms with van der Waals surface area (Å²) < 4.78 is 44.2. The molecule has 0 bridgehead atoms. The lowest BCUT2D eigenvalue weighted by atomic mass is 10.1. The summed E-state index contributed by atoms with van der Waals surface area (Å²) in [5, 5.41) is 2.98. The van der Waals surface area contributed by atoms with Crippen LogP contribution < -0.4 is 10.1 Å². The van der Waals surface area contributed by atoms with Gasteiger partial charge in [-0.1, -0.05) is 41.4 Å². The number of carbonyl (C=O) groups is 1. The van der Waals surface area contributed by atoms with E-state index in [4.69, 9.17) is 27.9 Å². The number of amides is 1. The fourth-order valence-corrected chi connectivity index (χ4v) is 2.83. The van der Waals surface area contributed by atoms with E-state index in [1.54, 1.807) is 18.2 Å². The molecule has 3 nitrogen and oxygen atoms in total. The summed E-state index contributed by atoms with van der Waals surface area (Å²) in [5.74, 6) is -0.0811. The van der Waals surface area contributed by atoms with Crippen molar-refractivity contribution in [1.29, 1.82) is 0 Å². The highest BCUT2D eigenvalue weighted by Crippen LogP contribution is 2.34. The lowest BCUT2D eigenvalue weighted by molar-refractivity contribution is -0.137. The number of carbonyl (C=O) groups excluding carboxylic acids is 1. The van der Waals surface area contributed by atoms with Crippen LogP contribution in [0.3, 0.4) is 0 Å². The van der Waals surface area contributed by atoms with Crippen LogP contribution in [0.15, 0.2) is 66.7 Å². The molecule has 0 aliphatic carbocycles. The van der Waals surface area contributed by atoms with E-state index in [-0.39, 0.29) is 22.9 Å². The predicted molar refractivity (Wildman–Crippen MR) is 107 cm³/mol. The molecule has 0 saturated heterocycles. The molecule has 0 atom stereocenters. The average Bonchev–Trinajstić information content (AvgIpc) is 2.68. The van der Waals surface area contributed by atoms with Crippen LogP contribution in [0.2, 0.25) is 10.0 Å². The van der Waals surface area contributed by atoms with Crippen LogP contribution in [0, 0.1) is 0 Å². The summed E-state index contributed by atoms with van der Waals surface area (Å²) in [6.45, 7) is 0.255. The van der Waals surface area contributed by atoms with Gasteiger partial charge in [-0.15, -0.1) is 0 Å². The molecule has 0 radical (unpaired) electrons. The molecule has 0 aliphatic heterocycles. The van der Waals surface area contributed by atoms with Crippen LogP contribution in [0.5, 0.6) is 5.75 Å². The number of rotatable bonds is 5. The molecule has 150 valence electrons. The molecular weight excluding hydrogens is 426 g/mol. The average molecular weight is 440 g/mol. The molecule has 0 heterocycles. The molecule has 0 fully saturated rings. The van der Waals surface area contributed by atoms with Gasteiger partial charge in [-0.2, -0.15) is 13.2 Å². The Morgan fingerprint density at radius 3 is 2.28 bits per heavy atom. The molecule has 0 aromatic heterocycles. The number of benzene rings is 3. The van der Waals surface area contributed by atoms with Crippen molar-refractivity contribution in [3.8, 4) is 5.75 Å². The lowest BCUT2D eigenvalue weighted by Gasteiger charge is -2.12. The molecule has 3 aromatic rings.